The van der Waals surface area contributed by atoms with Crippen molar-refractivity contribution in [3.63, 3.8) is 0 Å². The van der Waals surface area contributed by atoms with Crippen LogP contribution in [0.25, 0.3) is 22.2 Å². The van der Waals surface area contributed by atoms with Crippen LogP contribution < -0.4 is 10.5 Å². The normalized spacial score (nSPS) is 14.9. The fourth-order valence-electron chi connectivity index (χ4n) is 2.84. The van der Waals surface area contributed by atoms with E-state index in [-0.39, 0.29) is 5.56 Å². The van der Waals surface area contributed by atoms with Crippen molar-refractivity contribution in [2.75, 3.05) is 31.2 Å². The monoisotopic (exact) mass is 376 g/mol. The van der Waals surface area contributed by atoms with E-state index in [4.69, 9.17) is 27.9 Å². The van der Waals surface area contributed by atoms with Crippen LogP contribution in [0.2, 0.25) is 10.0 Å². The second-order valence-electron chi connectivity index (χ2n) is 5.68. The standard InChI is InChI=1S/C17H14Cl2N4O2/c18-12-2-1-3-13(19)14(12)11-8-10-9-20-17(22-15(10)21-16(11)24)23-4-6-25-7-5-23/h1-3,8-9H,4-7H2,(H,20,21,22,24). The van der Waals surface area contributed by atoms with Crippen molar-refractivity contribution in [1.29, 1.82) is 0 Å². The molecule has 1 aliphatic heterocycles. The molecular weight excluding hydrogens is 363 g/mol. The third-order valence-corrected chi connectivity index (χ3v) is 4.74. The lowest BCUT2D eigenvalue weighted by atomic mass is 10.1. The van der Waals surface area contributed by atoms with Crippen LogP contribution in [-0.4, -0.2) is 41.3 Å². The van der Waals surface area contributed by atoms with E-state index in [1.807, 2.05) is 4.90 Å². The van der Waals surface area contributed by atoms with Gasteiger partial charge < -0.3 is 14.6 Å². The zero-order valence-electron chi connectivity index (χ0n) is 13.1. The number of anilines is 1. The summed E-state index contributed by atoms with van der Waals surface area (Å²) in [6, 6.07) is 6.85. The van der Waals surface area contributed by atoms with Crippen LogP contribution in [0, 0.1) is 0 Å². The number of nitrogens with zero attached hydrogens (tertiary/aromatic N) is 3. The van der Waals surface area contributed by atoms with Gasteiger partial charge in [-0.1, -0.05) is 29.3 Å². The summed E-state index contributed by atoms with van der Waals surface area (Å²) in [6.07, 6.45) is 1.69. The Morgan fingerprint density at radius 1 is 1.16 bits per heavy atom. The van der Waals surface area contributed by atoms with Gasteiger partial charge in [0, 0.05) is 30.2 Å². The molecule has 0 saturated carbocycles. The Morgan fingerprint density at radius 3 is 2.60 bits per heavy atom. The van der Waals surface area contributed by atoms with Crippen LogP contribution in [0.3, 0.4) is 0 Å². The van der Waals surface area contributed by atoms with E-state index >= 15 is 0 Å². The lowest BCUT2D eigenvalue weighted by Crippen LogP contribution is -2.37. The highest BCUT2D eigenvalue weighted by molar-refractivity contribution is 6.39. The Bertz CT molecular complexity index is 979. The van der Waals surface area contributed by atoms with Gasteiger partial charge in [-0.2, -0.15) is 4.98 Å². The van der Waals surface area contributed by atoms with Gasteiger partial charge >= 0.3 is 0 Å². The second kappa shape index (κ2) is 6.63. The first-order valence-corrected chi connectivity index (χ1v) is 8.56. The van der Waals surface area contributed by atoms with Gasteiger partial charge in [-0.3, -0.25) is 4.79 Å². The number of fused-ring (bicyclic) bond motifs is 1. The maximum Gasteiger partial charge on any atom is 0.257 e. The quantitative estimate of drug-likeness (QED) is 0.743. The van der Waals surface area contributed by atoms with Crippen LogP contribution in [0.15, 0.2) is 35.3 Å². The molecule has 128 valence electrons. The van der Waals surface area contributed by atoms with E-state index in [0.717, 1.165) is 13.1 Å². The number of aromatic amines is 1. The molecule has 0 unspecified atom stereocenters. The molecule has 0 amide bonds. The Hall–Kier alpha value is -2.15. The summed E-state index contributed by atoms with van der Waals surface area (Å²) in [4.78, 5) is 26.3. The predicted molar refractivity (Wildman–Crippen MR) is 98.6 cm³/mol. The van der Waals surface area contributed by atoms with Gasteiger partial charge in [0.2, 0.25) is 5.95 Å². The summed E-state index contributed by atoms with van der Waals surface area (Å²) in [6.45, 7) is 2.73. The molecule has 1 N–H and O–H groups in total. The average Bonchev–Trinajstić information content (AvgIpc) is 2.62. The molecule has 6 nitrogen and oxygen atoms in total. The molecule has 1 saturated heterocycles. The largest absolute Gasteiger partial charge is 0.378 e. The Morgan fingerprint density at radius 2 is 1.88 bits per heavy atom. The van der Waals surface area contributed by atoms with Crippen LogP contribution in [0.5, 0.6) is 0 Å². The van der Waals surface area contributed by atoms with Crippen molar-refractivity contribution >= 4 is 40.2 Å². The van der Waals surface area contributed by atoms with Crippen LogP contribution >= 0.6 is 23.2 Å². The minimum absolute atomic E-state index is 0.297. The number of halogens is 2. The summed E-state index contributed by atoms with van der Waals surface area (Å²) in [5, 5.41) is 1.55. The molecule has 25 heavy (non-hydrogen) atoms. The molecule has 1 aliphatic rings. The summed E-state index contributed by atoms with van der Waals surface area (Å²) in [5.41, 5.74) is 1.08. The zero-order valence-corrected chi connectivity index (χ0v) is 14.6. The maximum absolute atomic E-state index is 12.6. The van der Waals surface area contributed by atoms with Gasteiger partial charge in [0.05, 0.1) is 28.8 Å². The van der Waals surface area contributed by atoms with E-state index in [1.54, 1.807) is 30.5 Å². The fraction of sp³-hybridized carbons (Fsp3) is 0.235. The third kappa shape index (κ3) is 3.08. The molecule has 4 rings (SSSR count). The molecular formula is C17H14Cl2N4O2. The highest BCUT2D eigenvalue weighted by Crippen LogP contribution is 2.33. The van der Waals surface area contributed by atoms with Crippen molar-refractivity contribution in [2.24, 2.45) is 0 Å². The summed E-state index contributed by atoms with van der Waals surface area (Å²) in [5.74, 6) is 0.579. The highest BCUT2D eigenvalue weighted by atomic mass is 35.5. The molecule has 0 radical (unpaired) electrons. The first-order valence-electron chi connectivity index (χ1n) is 7.80. The maximum atomic E-state index is 12.6. The van der Waals surface area contributed by atoms with Gasteiger partial charge in [-0.25, -0.2) is 4.98 Å². The third-order valence-electron chi connectivity index (χ3n) is 4.11. The van der Waals surface area contributed by atoms with E-state index in [1.165, 1.54) is 0 Å². The zero-order chi connectivity index (χ0) is 17.4. The lowest BCUT2D eigenvalue weighted by Gasteiger charge is -2.26. The summed E-state index contributed by atoms with van der Waals surface area (Å²) in [7, 11) is 0. The smallest absolute Gasteiger partial charge is 0.257 e. The number of rotatable bonds is 2. The molecule has 3 heterocycles. The number of morpholine rings is 1. The number of hydrogen-bond acceptors (Lipinski definition) is 5. The number of aromatic nitrogens is 3. The van der Waals surface area contributed by atoms with Crippen molar-refractivity contribution in [1.82, 2.24) is 15.0 Å². The Kier molecular flexibility index (Phi) is 4.33. The van der Waals surface area contributed by atoms with E-state index < -0.39 is 0 Å². The molecule has 3 aromatic rings. The van der Waals surface area contributed by atoms with Gasteiger partial charge in [-0.15, -0.1) is 0 Å². The number of nitrogens with one attached hydrogen (secondary N) is 1. The van der Waals surface area contributed by atoms with Crippen LogP contribution in [0.1, 0.15) is 0 Å². The molecule has 0 bridgehead atoms. The van der Waals surface area contributed by atoms with Crippen LogP contribution in [0.4, 0.5) is 5.95 Å². The topological polar surface area (TPSA) is 71.1 Å². The highest BCUT2D eigenvalue weighted by Gasteiger charge is 2.16. The molecule has 0 spiro atoms. The van der Waals surface area contributed by atoms with Gasteiger partial charge in [0.25, 0.3) is 5.56 Å². The number of H-pyrrole nitrogens is 1. The molecule has 1 aromatic carbocycles. The minimum atomic E-state index is -0.297. The lowest BCUT2D eigenvalue weighted by molar-refractivity contribution is 0.122. The van der Waals surface area contributed by atoms with Crippen LogP contribution in [-0.2, 0) is 4.74 Å². The van der Waals surface area contributed by atoms with E-state index in [0.29, 0.717) is 51.4 Å². The molecule has 1 fully saturated rings. The molecule has 0 atom stereocenters. The van der Waals surface area contributed by atoms with Gasteiger partial charge in [0.15, 0.2) is 0 Å². The van der Waals surface area contributed by atoms with Crippen molar-refractivity contribution in [3.8, 4) is 11.1 Å². The van der Waals surface area contributed by atoms with E-state index in [9.17, 15) is 4.79 Å². The van der Waals surface area contributed by atoms with Gasteiger partial charge in [-0.05, 0) is 18.2 Å². The summed E-state index contributed by atoms with van der Waals surface area (Å²) < 4.78 is 5.33. The second-order valence-corrected chi connectivity index (χ2v) is 6.50. The van der Waals surface area contributed by atoms with Gasteiger partial charge in [0.1, 0.15) is 5.65 Å². The SMILES string of the molecule is O=c1[nH]c2nc(N3CCOCC3)ncc2cc1-c1c(Cl)cccc1Cl. The number of benzene rings is 1. The average molecular weight is 377 g/mol. The number of hydrogen-bond donors (Lipinski definition) is 1. The summed E-state index contributed by atoms with van der Waals surface area (Å²) >= 11 is 12.5. The van der Waals surface area contributed by atoms with Crippen molar-refractivity contribution in [3.05, 3.63) is 50.9 Å². The number of ether oxygens (including phenoxy) is 1. The first-order chi connectivity index (χ1) is 12.1. The minimum Gasteiger partial charge on any atom is -0.378 e. The van der Waals surface area contributed by atoms with Crippen molar-refractivity contribution in [2.45, 2.75) is 0 Å². The molecule has 2 aromatic heterocycles. The van der Waals surface area contributed by atoms with Crippen molar-refractivity contribution < 1.29 is 4.74 Å². The Balaban J connectivity index is 1.82. The van der Waals surface area contributed by atoms with E-state index in [2.05, 4.69) is 15.0 Å². The first kappa shape index (κ1) is 16.3. The fourth-order valence-corrected chi connectivity index (χ4v) is 3.44. The Labute approximate surface area is 153 Å². The predicted octanol–water partition coefficient (Wildman–Crippen LogP) is 3.13. The molecule has 8 heteroatoms. The molecule has 0 aliphatic carbocycles. The number of pyridine rings is 1.